The molecule has 0 saturated heterocycles. The molecule has 0 fully saturated rings. The van der Waals surface area contributed by atoms with Crippen LogP contribution in [0.2, 0.25) is 0 Å². The number of fused-ring (bicyclic) bond motifs is 2. The van der Waals surface area contributed by atoms with Gasteiger partial charge in [-0.05, 0) is 69.5 Å². The predicted molar refractivity (Wildman–Crippen MR) is 181 cm³/mol. The fourth-order valence-corrected chi connectivity index (χ4v) is 6.98. The summed E-state index contributed by atoms with van der Waals surface area (Å²) in [6, 6.07) is 11.5. The minimum absolute atomic E-state index is 0.0961. The Balaban J connectivity index is 1.57. The summed E-state index contributed by atoms with van der Waals surface area (Å²) in [6.07, 6.45) is 13.7. The largest absolute Gasteiger partial charge is 0.344 e. The van der Waals surface area contributed by atoms with E-state index >= 15 is 0 Å². The van der Waals surface area contributed by atoms with Crippen LogP contribution in [-0.2, 0) is 25.7 Å². The summed E-state index contributed by atoms with van der Waals surface area (Å²) in [5, 5.41) is 0. The number of benzene rings is 2. The van der Waals surface area contributed by atoms with Crippen molar-refractivity contribution in [1.29, 1.82) is 0 Å². The molecule has 0 saturated carbocycles. The van der Waals surface area contributed by atoms with Crippen molar-refractivity contribution < 1.29 is 22.3 Å². The monoisotopic (exact) mass is 617 g/mol. The molecule has 4 rings (SSSR count). The number of rotatable bonds is 10. The molecule has 0 unspecified atom stereocenters. The highest BCUT2D eigenvalue weighted by molar-refractivity contribution is 7.85. The summed E-state index contributed by atoms with van der Waals surface area (Å²) in [5.41, 5.74) is 7.03. The van der Waals surface area contributed by atoms with Crippen LogP contribution in [0.1, 0.15) is 90.8 Å². The van der Waals surface area contributed by atoms with Crippen LogP contribution >= 0.6 is 0 Å². The number of Topliss-reactive ketones (excluding diaryl/α,β-unsaturated/α-hetero) is 1. The van der Waals surface area contributed by atoms with Crippen LogP contribution < -0.4 is 4.90 Å². The first-order valence-electron chi connectivity index (χ1n) is 15.6. The third kappa shape index (κ3) is 6.69. The lowest BCUT2D eigenvalue weighted by Crippen LogP contribution is -2.27. The molecule has 2 aromatic rings. The van der Waals surface area contributed by atoms with Crippen LogP contribution in [0.15, 0.2) is 77.4 Å². The Morgan fingerprint density at radius 3 is 2.30 bits per heavy atom. The normalized spacial score (nSPS) is 18.6. The van der Waals surface area contributed by atoms with Gasteiger partial charge in [-0.3, -0.25) is 9.35 Å². The lowest BCUT2D eigenvalue weighted by Gasteiger charge is -2.27. The molecule has 2 aromatic carbocycles. The van der Waals surface area contributed by atoms with Gasteiger partial charge in [-0.15, -0.1) is 0 Å². The van der Waals surface area contributed by atoms with Crippen molar-refractivity contribution in [2.45, 2.75) is 96.8 Å². The predicted octanol–water partition coefficient (Wildman–Crippen LogP) is 8.22. The number of carbonyl (C=O) groups is 1. The molecule has 0 amide bonds. The summed E-state index contributed by atoms with van der Waals surface area (Å²) < 4.78 is 35.9. The van der Waals surface area contributed by atoms with Crippen LogP contribution in [0, 0.1) is 12.3 Å². The molecular formula is C37H49N2O4S+. The van der Waals surface area contributed by atoms with Gasteiger partial charge in [0.15, 0.2) is 5.71 Å². The van der Waals surface area contributed by atoms with Crippen LogP contribution in [0.25, 0.3) is 0 Å². The maximum Gasteiger partial charge on any atom is 0.294 e. The molecule has 0 atom stereocenters. The number of hydrogen-bond donors (Lipinski definition) is 1. The number of anilines is 1. The van der Waals surface area contributed by atoms with E-state index in [2.05, 4.69) is 87.6 Å². The van der Waals surface area contributed by atoms with E-state index in [-0.39, 0.29) is 21.5 Å². The molecule has 2 aliphatic heterocycles. The minimum Gasteiger partial charge on any atom is -0.344 e. The molecule has 0 aromatic heterocycles. The van der Waals surface area contributed by atoms with E-state index in [1.807, 2.05) is 32.9 Å². The second-order valence-corrected chi connectivity index (χ2v) is 15.7. The van der Waals surface area contributed by atoms with Gasteiger partial charge in [-0.2, -0.15) is 13.0 Å². The zero-order valence-corrected chi connectivity index (χ0v) is 28.7. The average molecular weight is 618 g/mol. The number of nitrogens with zero attached hydrogens (tertiary/aromatic N) is 2. The molecule has 236 valence electrons. The fourth-order valence-electron chi connectivity index (χ4n) is 6.47. The number of aryl methyl sites for hydroxylation is 1. The molecule has 0 spiro atoms. The molecule has 0 bridgehead atoms. The SMILES string of the molecule is Cc1ccc2c(c1)C(C)(C)C(/C=C/C=C/C=C1\N(CCCCCC(=O)C(C)(C)C)c3ccc(S(=O)(=O)O)cc3C1(C)C)=[N+]2C. The van der Waals surface area contributed by atoms with Gasteiger partial charge < -0.3 is 4.90 Å². The zero-order chi connectivity index (χ0) is 32.7. The highest BCUT2D eigenvalue weighted by Crippen LogP contribution is 2.48. The minimum atomic E-state index is -4.32. The van der Waals surface area contributed by atoms with E-state index in [9.17, 15) is 17.8 Å². The molecule has 7 heteroatoms. The molecule has 1 N–H and O–H groups in total. The summed E-state index contributed by atoms with van der Waals surface area (Å²) in [4.78, 5) is 14.5. The second-order valence-electron chi connectivity index (χ2n) is 14.3. The Labute approximate surface area is 264 Å². The van der Waals surface area contributed by atoms with Crippen LogP contribution in [0.4, 0.5) is 11.4 Å². The lowest BCUT2D eigenvalue weighted by atomic mass is 9.81. The summed E-state index contributed by atoms with van der Waals surface area (Å²) in [5.74, 6) is 0.283. The number of ketones is 1. The fraction of sp³-hybridized carbons (Fsp3) is 0.459. The number of allylic oxidation sites excluding steroid dienone is 6. The van der Waals surface area contributed by atoms with E-state index in [0.717, 1.165) is 42.8 Å². The average Bonchev–Trinajstić information content (AvgIpc) is 3.24. The molecule has 44 heavy (non-hydrogen) atoms. The maximum absolute atomic E-state index is 12.4. The van der Waals surface area contributed by atoms with E-state index in [1.165, 1.54) is 28.6 Å². The molecule has 2 aliphatic rings. The van der Waals surface area contributed by atoms with Gasteiger partial charge in [0.05, 0.1) is 10.3 Å². The number of hydrogen-bond acceptors (Lipinski definition) is 4. The third-order valence-electron chi connectivity index (χ3n) is 9.20. The third-order valence-corrected chi connectivity index (χ3v) is 10.1. The standard InChI is InChI=1S/C37H48N2O4S/c1-26-19-21-30-28(24-26)36(5,6)32(38(30)9)16-12-10-13-17-33-37(7,8)29-25-27(44(41,42)43)20-22-31(29)39(33)23-15-11-14-18-34(40)35(2,3)4/h10,12-13,16-17,19-22,24-25H,11,14-15,18,23H2,1-9H3/p+1. The Morgan fingerprint density at radius 2 is 1.64 bits per heavy atom. The summed E-state index contributed by atoms with van der Waals surface area (Å²) >= 11 is 0. The Bertz CT molecular complexity index is 1680. The summed E-state index contributed by atoms with van der Waals surface area (Å²) in [7, 11) is -2.21. The van der Waals surface area contributed by atoms with Crippen molar-refractivity contribution in [3.05, 3.63) is 89.2 Å². The van der Waals surface area contributed by atoms with Crippen LogP contribution in [-0.4, -0.2) is 42.6 Å². The molecule has 0 radical (unpaired) electrons. The van der Waals surface area contributed by atoms with E-state index < -0.39 is 15.5 Å². The first kappa shape index (κ1) is 33.6. The van der Waals surface area contributed by atoms with Crippen molar-refractivity contribution in [2.75, 3.05) is 18.5 Å². The molecule has 2 heterocycles. The van der Waals surface area contributed by atoms with Crippen molar-refractivity contribution in [3.8, 4) is 0 Å². The Hall–Kier alpha value is -3.29. The van der Waals surface area contributed by atoms with Gasteiger partial charge in [-0.25, -0.2) is 0 Å². The second kappa shape index (κ2) is 12.2. The Morgan fingerprint density at radius 1 is 0.932 bits per heavy atom. The lowest BCUT2D eigenvalue weighted by molar-refractivity contribution is -0.401. The van der Waals surface area contributed by atoms with E-state index in [0.29, 0.717) is 6.42 Å². The highest BCUT2D eigenvalue weighted by Gasteiger charge is 2.43. The zero-order valence-electron chi connectivity index (χ0n) is 27.9. The van der Waals surface area contributed by atoms with Gasteiger partial charge in [0.2, 0.25) is 5.69 Å². The molecular weight excluding hydrogens is 568 g/mol. The van der Waals surface area contributed by atoms with Gasteiger partial charge in [0.25, 0.3) is 10.1 Å². The smallest absolute Gasteiger partial charge is 0.294 e. The van der Waals surface area contributed by atoms with Gasteiger partial charge >= 0.3 is 0 Å². The van der Waals surface area contributed by atoms with Crippen LogP contribution in [0.5, 0.6) is 0 Å². The topological polar surface area (TPSA) is 77.7 Å². The van der Waals surface area contributed by atoms with Crippen LogP contribution in [0.3, 0.4) is 0 Å². The van der Waals surface area contributed by atoms with Crippen molar-refractivity contribution in [2.24, 2.45) is 5.41 Å². The number of unbranched alkanes of at least 4 members (excludes halogenated alkanes) is 2. The highest BCUT2D eigenvalue weighted by atomic mass is 32.2. The molecule has 0 aliphatic carbocycles. The summed E-state index contributed by atoms with van der Waals surface area (Å²) in [6.45, 7) is 17.5. The maximum atomic E-state index is 12.4. The molecule has 6 nitrogen and oxygen atoms in total. The van der Waals surface area contributed by atoms with E-state index in [1.54, 1.807) is 12.1 Å². The van der Waals surface area contributed by atoms with Crippen molar-refractivity contribution >= 4 is 33.0 Å². The number of carbonyl (C=O) groups excluding carboxylic acids is 1. The van der Waals surface area contributed by atoms with Crippen molar-refractivity contribution in [3.63, 3.8) is 0 Å². The van der Waals surface area contributed by atoms with E-state index in [4.69, 9.17) is 0 Å². The Kier molecular flexibility index (Phi) is 9.35. The first-order chi connectivity index (χ1) is 20.4. The van der Waals surface area contributed by atoms with Crippen molar-refractivity contribution in [1.82, 2.24) is 0 Å². The first-order valence-corrected chi connectivity index (χ1v) is 17.0. The quantitative estimate of drug-likeness (QED) is 0.126. The van der Waals surface area contributed by atoms with Gasteiger partial charge in [0, 0.05) is 52.9 Å². The van der Waals surface area contributed by atoms with Gasteiger partial charge in [0.1, 0.15) is 12.8 Å². The van der Waals surface area contributed by atoms with Gasteiger partial charge in [-0.1, -0.05) is 70.9 Å².